The summed E-state index contributed by atoms with van der Waals surface area (Å²) in [5.74, 6) is 0. The number of ether oxygens (including phenoxy) is 3. The SMILES string of the molecule is COC1(OC)OC(c2ccccc2)C(C)(C)N1[O]. The predicted octanol–water partition coefficient (Wildman–Crippen LogP) is 2.09. The van der Waals surface area contributed by atoms with E-state index >= 15 is 0 Å². The largest absolute Gasteiger partial charge is 0.379 e. The lowest BCUT2D eigenvalue weighted by molar-refractivity contribution is -0.479. The number of benzene rings is 1. The molecule has 1 aliphatic heterocycles. The average molecular weight is 252 g/mol. The van der Waals surface area contributed by atoms with Gasteiger partial charge in [-0.2, -0.15) is 0 Å². The van der Waals surface area contributed by atoms with Crippen molar-refractivity contribution in [3.05, 3.63) is 35.9 Å². The molecule has 1 unspecified atom stereocenters. The van der Waals surface area contributed by atoms with E-state index in [1.54, 1.807) is 13.8 Å². The maximum Gasteiger partial charge on any atom is 0.379 e. The van der Waals surface area contributed by atoms with Crippen LogP contribution in [0, 0.1) is 0 Å². The molecule has 1 fully saturated rings. The van der Waals surface area contributed by atoms with E-state index in [2.05, 4.69) is 0 Å². The minimum atomic E-state index is -1.68. The Hall–Kier alpha value is -0.980. The van der Waals surface area contributed by atoms with Gasteiger partial charge in [0.05, 0.1) is 5.54 Å². The molecule has 5 nitrogen and oxygen atoms in total. The first-order chi connectivity index (χ1) is 8.48. The molecule has 1 saturated heterocycles. The van der Waals surface area contributed by atoms with Crippen LogP contribution in [0.5, 0.6) is 0 Å². The molecule has 1 aliphatic rings. The first-order valence-corrected chi connectivity index (χ1v) is 5.78. The second kappa shape index (κ2) is 4.60. The van der Waals surface area contributed by atoms with Crippen LogP contribution in [0.25, 0.3) is 0 Å². The van der Waals surface area contributed by atoms with Gasteiger partial charge in [0.25, 0.3) is 0 Å². The van der Waals surface area contributed by atoms with Crippen LogP contribution in [0.15, 0.2) is 30.3 Å². The topological polar surface area (TPSA) is 50.8 Å². The molecule has 0 amide bonds. The van der Waals surface area contributed by atoms with Gasteiger partial charge in [-0.15, -0.1) is 5.21 Å². The summed E-state index contributed by atoms with van der Waals surface area (Å²) in [4.78, 5) is 0. The van der Waals surface area contributed by atoms with Crippen LogP contribution >= 0.6 is 0 Å². The molecule has 1 atom stereocenters. The van der Waals surface area contributed by atoms with E-state index in [9.17, 15) is 5.21 Å². The lowest BCUT2D eigenvalue weighted by atomic mass is 9.92. The zero-order valence-corrected chi connectivity index (χ0v) is 11.0. The van der Waals surface area contributed by atoms with Gasteiger partial charge in [-0.25, -0.2) is 0 Å². The number of nitrogens with zero attached hydrogens (tertiary/aromatic N) is 1. The highest BCUT2D eigenvalue weighted by Gasteiger charge is 2.61. The molecule has 0 N–H and O–H groups in total. The first-order valence-electron chi connectivity index (χ1n) is 5.78. The summed E-state index contributed by atoms with van der Waals surface area (Å²) in [5, 5.41) is 13.1. The standard InChI is InChI=1S/C13H18NO4/c1-12(2)11(10-8-6-5-7-9-10)18-13(16-3,17-4)14(12)15/h5-9,11H,1-4H3. The van der Waals surface area contributed by atoms with E-state index < -0.39 is 17.7 Å². The van der Waals surface area contributed by atoms with Gasteiger partial charge in [-0.05, 0) is 19.4 Å². The Morgan fingerprint density at radius 2 is 1.72 bits per heavy atom. The Bertz CT molecular complexity index is 403. The van der Waals surface area contributed by atoms with Crippen LogP contribution in [0.1, 0.15) is 25.5 Å². The molecule has 1 radical (unpaired) electrons. The second-order valence-electron chi connectivity index (χ2n) is 4.79. The van der Waals surface area contributed by atoms with Gasteiger partial charge in [0, 0.05) is 14.2 Å². The fourth-order valence-corrected chi connectivity index (χ4v) is 2.25. The van der Waals surface area contributed by atoms with Crippen molar-refractivity contribution in [1.29, 1.82) is 0 Å². The van der Waals surface area contributed by atoms with Crippen LogP contribution < -0.4 is 0 Å². The third-order valence-electron chi connectivity index (χ3n) is 3.30. The third-order valence-corrected chi connectivity index (χ3v) is 3.30. The summed E-state index contributed by atoms with van der Waals surface area (Å²) in [7, 11) is 2.77. The van der Waals surface area contributed by atoms with Crippen molar-refractivity contribution in [1.82, 2.24) is 5.06 Å². The fourth-order valence-electron chi connectivity index (χ4n) is 2.25. The lowest BCUT2D eigenvalue weighted by Gasteiger charge is -2.31. The summed E-state index contributed by atoms with van der Waals surface area (Å²) >= 11 is 0. The van der Waals surface area contributed by atoms with Crippen molar-refractivity contribution in [2.75, 3.05) is 14.2 Å². The molecule has 1 aromatic carbocycles. The number of hydrogen-bond acceptors (Lipinski definition) is 4. The summed E-state index contributed by atoms with van der Waals surface area (Å²) in [5.41, 5.74) is 0.132. The van der Waals surface area contributed by atoms with Crippen molar-refractivity contribution in [3.8, 4) is 0 Å². The Balaban J connectivity index is 2.39. The van der Waals surface area contributed by atoms with E-state index in [1.807, 2.05) is 30.3 Å². The van der Waals surface area contributed by atoms with E-state index in [0.717, 1.165) is 10.6 Å². The number of rotatable bonds is 3. The number of hydrogen-bond donors (Lipinski definition) is 0. The molecule has 1 aromatic rings. The second-order valence-corrected chi connectivity index (χ2v) is 4.79. The van der Waals surface area contributed by atoms with Crippen LogP contribution in [0.4, 0.5) is 0 Å². The highest BCUT2D eigenvalue weighted by Crippen LogP contribution is 2.47. The van der Waals surface area contributed by atoms with Crippen molar-refractivity contribution in [2.45, 2.75) is 31.6 Å². The van der Waals surface area contributed by atoms with Crippen LogP contribution in [0.3, 0.4) is 0 Å². The third kappa shape index (κ3) is 1.84. The van der Waals surface area contributed by atoms with Crippen molar-refractivity contribution in [3.63, 3.8) is 0 Å². The lowest BCUT2D eigenvalue weighted by Crippen LogP contribution is -2.51. The zero-order chi connectivity index (χ0) is 13.4. The molecule has 0 spiro atoms. The molecule has 0 bridgehead atoms. The molecular formula is C13H18NO4. The summed E-state index contributed by atoms with van der Waals surface area (Å²) < 4.78 is 16.0. The van der Waals surface area contributed by atoms with Crippen LogP contribution in [-0.4, -0.2) is 30.9 Å². The molecule has 99 valence electrons. The molecular weight excluding hydrogens is 234 g/mol. The van der Waals surface area contributed by atoms with Gasteiger partial charge in [0.2, 0.25) is 0 Å². The normalized spacial score (nSPS) is 26.4. The Labute approximate surface area is 107 Å². The molecule has 0 aromatic heterocycles. The molecule has 18 heavy (non-hydrogen) atoms. The predicted molar refractivity (Wildman–Crippen MR) is 63.6 cm³/mol. The highest BCUT2D eigenvalue weighted by atomic mass is 16.9. The molecule has 1 heterocycles. The quantitative estimate of drug-likeness (QED) is 0.773. The Morgan fingerprint density at radius 3 is 2.17 bits per heavy atom. The van der Waals surface area contributed by atoms with Gasteiger partial charge >= 0.3 is 6.10 Å². The van der Waals surface area contributed by atoms with E-state index in [0.29, 0.717) is 0 Å². The van der Waals surface area contributed by atoms with E-state index in [4.69, 9.17) is 14.2 Å². The van der Waals surface area contributed by atoms with E-state index in [1.165, 1.54) is 14.2 Å². The monoisotopic (exact) mass is 252 g/mol. The van der Waals surface area contributed by atoms with Crippen molar-refractivity contribution < 1.29 is 19.4 Å². The summed E-state index contributed by atoms with van der Waals surface area (Å²) in [6, 6.07) is 9.57. The molecule has 5 heteroatoms. The maximum atomic E-state index is 12.3. The highest BCUT2D eigenvalue weighted by molar-refractivity contribution is 5.22. The molecule has 0 saturated carbocycles. The Kier molecular flexibility index (Phi) is 3.44. The minimum Gasteiger partial charge on any atom is -0.316 e. The van der Waals surface area contributed by atoms with Crippen LogP contribution in [-0.2, 0) is 19.4 Å². The minimum absolute atomic E-state index is 0.420. The van der Waals surface area contributed by atoms with Crippen molar-refractivity contribution >= 4 is 0 Å². The number of methoxy groups -OCH3 is 2. The average Bonchev–Trinajstić information content (AvgIpc) is 2.60. The zero-order valence-electron chi connectivity index (χ0n) is 11.0. The van der Waals surface area contributed by atoms with Gasteiger partial charge in [-0.3, -0.25) is 0 Å². The van der Waals surface area contributed by atoms with Crippen LogP contribution in [0.2, 0.25) is 0 Å². The van der Waals surface area contributed by atoms with Crippen molar-refractivity contribution in [2.24, 2.45) is 0 Å². The fraction of sp³-hybridized carbons (Fsp3) is 0.538. The Morgan fingerprint density at radius 1 is 1.17 bits per heavy atom. The van der Waals surface area contributed by atoms with Gasteiger partial charge < -0.3 is 14.2 Å². The van der Waals surface area contributed by atoms with Gasteiger partial charge in [-0.1, -0.05) is 35.4 Å². The summed E-state index contributed by atoms with van der Waals surface area (Å²) in [6.45, 7) is 3.61. The number of hydroxylamine groups is 2. The van der Waals surface area contributed by atoms with Gasteiger partial charge in [0.1, 0.15) is 6.10 Å². The summed E-state index contributed by atoms with van der Waals surface area (Å²) in [6.07, 6.45) is -2.10. The van der Waals surface area contributed by atoms with E-state index in [-0.39, 0.29) is 0 Å². The smallest absolute Gasteiger partial charge is 0.316 e. The first kappa shape index (κ1) is 13.5. The maximum absolute atomic E-state index is 12.3. The molecule has 2 rings (SSSR count). The molecule has 0 aliphatic carbocycles. The van der Waals surface area contributed by atoms with Gasteiger partial charge in [0.15, 0.2) is 0 Å².